The summed E-state index contributed by atoms with van der Waals surface area (Å²) in [5.41, 5.74) is 4.64. The number of hydrogen-bond acceptors (Lipinski definition) is 5. The number of para-hydroxylation sites is 1. The molecule has 0 fully saturated rings. The lowest BCUT2D eigenvalue weighted by Crippen LogP contribution is -2.37. The van der Waals surface area contributed by atoms with Crippen LogP contribution < -0.4 is 10.1 Å². The van der Waals surface area contributed by atoms with E-state index in [-0.39, 0.29) is 18.4 Å². The second-order valence-electron chi connectivity index (χ2n) is 8.07. The van der Waals surface area contributed by atoms with Gasteiger partial charge in [0.1, 0.15) is 5.75 Å². The van der Waals surface area contributed by atoms with Gasteiger partial charge in [0.15, 0.2) is 11.7 Å². The molecule has 0 unspecified atom stereocenters. The number of nitrogens with one attached hydrogen (secondary N) is 1. The first-order valence-electron chi connectivity index (χ1n) is 10.8. The van der Waals surface area contributed by atoms with Crippen LogP contribution in [0, 0.1) is 6.92 Å². The van der Waals surface area contributed by atoms with Gasteiger partial charge >= 0.3 is 0 Å². The van der Waals surface area contributed by atoms with Gasteiger partial charge in [-0.2, -0.15) is 0 Å². The minimum absolute atomic E-state index is 0.0119. The molecule has 5 rings (SSSR count). The Labute approximate surface area is 195 Å². The van der Waals surface area contributed by atoms with Gasteiger partial charge in [-0.15, -0.1) is 0 Å². The van der Waals surface area contributed by atoms with Crippen LogP contribution in [0.25, 0.3) is 10.2 Å². The molecule has 0 radical (unpaired) electrons. The van der Waals surface area contributed by atoms with E-state index in [1.165, 1.54) is 16.9 Å². The molecule has 0 aliphatic carbocycles. The second-order valence-corrected chi connectivity index (χ2v) is 9.10. The zero-order valence-corrected chi connectivity index (χ0v) is 19.0. The average Bonchev–Trinajstić information content (AvgIpc) is 3.22. The van der Waals surface area contributed by atoms with Gasteiger partial charge in [0, 0.05) is 24.2 Å². The van der Waals surface area contributed by atoms with Crippen molar-refractivity contribution in [3.8, 4) is 5.75 Å². The third-order valence-electron chi connectivity index (χ3n) is 5.64. The average molecular weight is 458 g/mol. The fourth-order valence-electron chi connectivity index (χ4n) is 4.08. The highest BCUT2D eigenvalue weighted by Crippen LogP contribution is 2.29. The monoisotopic (exact) mass is 457 g/mol. The van der Waals surface area contributed by atoms with Gasteiger partial charge in [0.25, 0.3) is 11.8 Å². The molecule has 6 nitrogen and oxygen atoms in total. The van der Waals surface area contributed by atoms with Crippen LogP contribution in [0.15, 0.2) is 66.7 Å². The molecule has 2 amide bonds. The van der Waals surface area contributed by atoms with Gasteiger partial charge in [-0.1, -0.05) is 59.4 Å². The Morgan fingerprint density at radius 1 is 1.12 bits per heavy atom. The first-order chi connectivity index (χ1) is 16.1. The molecule has 1 aliphatic rings. The Hall–Kier alpha value is -3.71. The third-order valence-corrected chi connectivity index (χ3v) is 6.59. The van der Waals surface area contributed by atoms with Gasteiger partial charge in [-0.25, -0.2) is 4.98 Å². The maximum Gasteiger partial charge on any atom is 0.264 e. The summed E-state index contributed by atoms with van der Waals surface area (Å²) in [6.07, 6.45) is 0.683. The largest absolute Gasteiger partial charge is 0.483 e. The molecular weight excluding hydrogens is 434 g/mol. The molecule has 0 spiro atoms. The lowest BCUT2D eigenvalue weighted by atomic mass is 9.97. The van der Waals surface area contributed by atoms with E-state index < -0.39 is 0 Å². The number of aryl methyl sites for hydroxylation is 1. The summed E-state index contributed by atoms with van der Waals surface area (Å²) in [7, 11) is 0. The van der Waals surface area contributed by atoms with Crippen molar-refractivity contribution < 1.29 is 14.3 Å². The van der Waals surface area contributed by atoms with Crippen LogP contribution in [-0.2, 0) is 17.8 Å². The van der Waals surface area contributed by atoms with Crippen LogP contribution in [0.4, 0.5) is 5.13 Å². The topological polar surface area (TPSA) is 71.5 Å². The number of nitrogens with zero attached hydrogens (tertiary/aromatic N) is 2. The number of hydrogen-bond donors (Lipinski definition) is 1. The lowest BCUT2D eigenvalue weighted by molar-refractivity contribution is -0.118. The summed E-state index contributed by atoms with van der Waals surface area (Å²) in [6, 6.07) is 21.4. The maximum atomic E-state index is 13.1. The van der Waals surface area contributed by atoms with E-state index in [0.29, 0.717) is 36.0 Å². The van der Waals surface area contributed by atoms with Gasteiger partial charge in [0.2, 0.25) is 0 Å². The number of rotatable bonds is 6. The Morgan fingerprint density at radius 2 is 1.97 bits per heavy atom. The number of anilines is 1. The highest BCUT2D eigenvalue weighted by atomic mass is 32.1. The van der Waals surface area contributed by atoms with E-state index in [0.717, 1.165) is 21.3 Å². The standard InChI is InChI=1S/C26H23N3O3S/c1-17-6-4-7-18(14-17)15-29-13-12-19-20(25(29)31)8-5-10-22(19)32-16-24(30)28-26-27-21-9-2-3-11-23(21)33-26/h2-11,14H,12-13,15-16H2,1H3,(H,27,28,30). The summed E-state index contributed by atoms with van der Waals surface area (Å²) in [5, 5.41) is 3.34. The van der Waals surface area contributed by atoms with E-state index in [9.17, 15) is 9.59 Å². The van der Waals surface area contributed by atoms with E-state index in [1.54, 1.807) is 6.07 Å². The van der Waals surface area contributed by atoms with Crippen LogP contribution in [0.3, 0.4) is 0 Å². The quantitative estimate of drug-likeness (QED) is 0.451. The highest BCUT2D eigenvalue weighted by Gasteiger charge is 2.27. The second kappa shape index (κ2) is 9.03. The van der Waals surface area contributed by atoms with Gasteiger partial charge < -0.3 is 9.64 Å². The number of aromatic nitrogens is 1. The summed E-state index contributed by atoms with van der Waals surface area (Å²) >= 11 is 1.42. The minimum Gasteiger partial charge on any atom is -0.483 e. The van der Waals surface area contributed by atoms with Crippen molar-refractivity contribution in [3.05, 3.63) is 89.0 Å². The summed E-state index contributed by atoms with van der Waals surface area (Å²) < 4.78 is 6.84. The molecule has 33 heavy (non-hydrogen) atoms. The normalized spacial score (nSPS) is 13.1. The molecule has 2 heterocycles. The molecule has 1 aromatic heterocycles. The molecular formula is C26H23N3O3S. The number of carbonyl (C=O) groups is 2. The Bertz CT molecular complexity index is 1310. The Balaban J connectivity index is 1.25. The lowest BCUT2D eigenvalue weighted by Gasteiger charge is -2.29. The molecule has 0 saturated heterocycles. The number of ether oxygens (including phenoxy) is 1. The maximum absolute atomic E-state index is 13.1. The van der Waals surface area contributed by atoms with Crippen LogP contribution in [0.1, 0.15) is 27.0 Å². The molecule has 0 saturated carbocycles. The van der Waals surface area contributed by atoms with Crippen LogP contribution in [0.2, 0.25) is 0 Å². The van der Waals surface area contributed by atoms with Crippen molar-refractivity contribution in [1.29, 1.82) is 0 Å². The predicted octanol–water partition coefficient (Wildman–Crippen LogP) is 4.82. The number of benzene rings is 3. The van der Waals surface area contributed by atoms with Crippen LogP contribution in [-0.4, -0.2) is 34.8 Å². The number of fused-ring (bicyclic) bond motifs is 2. The van der Waals surface area contributed by atoms with Crippen LogP contribution in [0.5, 0.6) is 5.75 Å². The Morgan fingerprint density at radius 3 is 2.82 bits per heavy atom. The SMILES string of the molecule is Cc1cccc(CN2CCc3c(OCC(=O)Nc4nc5ccccc5s4)cccc3C2=O)c1. The van der Waals surface area contributed by atoms with Crippen molar-refractivity contribution in [2.45, 2.75) is 19.9 Å². The molecule has 166 valence electrons. The summed E-state index contributed by atoms with van der Waals surface area (Å²) in [4.78, 5) is 31.8. The number of thiazole rings is 1. The molecule has 1 aliphatic heterocycles. The van der Waals surface area contributed by atoms with E-state index in [1.807, 2.05) is 66.4 Å². The van der Waals surface area contributed by atoms with Gasteiger partial charge in [-0.3, -0.25) is 14.9 Å². The molecule has 0 atom stereocenters. The first kappa shape index (κ1) is 21.2. The van der Waals surface area contributed by atoms with Gasteiger partial charge in [-0.05, 0) is 43.2 Å². The van der Waals surface area contributed by atoms with E-state index >= 15 is 0 Å². The number of amides is 2. The van der Waals surface area contributed by atoms with E-state index in [4.69, 9.17) is 4.74 Å². The van der Waals surface area contributed by atoms with Crippen molar-refractivity contribution >= 4 is 38.5 Å². The van der Waals surface area contributed by atoms with Crippen molar-refractivity contribution in [2.24, 2.45) is 0 Å². The number of carbonyl (C=O) groups excluding carboxylic acids is 2. The van der Waals surface area contributed by atoms with Crippen molar-refractivity contribution in [1.82, 2.24) is 9.88 Å². The smallest absolute Gasteiger partial charge is 0.264 e. The van der Waals surface area contributed by atoms with Crippen LogP contribution >= 0.6 is 11.3 Å². The zero-order valence-electron chi connectivity index (χ0n) is 18.2. The minimum atomic E-state index is -0.283. The predicted molar refractivity (Wildman–Crippen MR) is 130 cm³/mol. The summed E-state index contributed by atoms with van der Waals surface area (Å²) in [5.74, 6) is 0.285. The molecule has 3 aromatic carbocycles. The third kappa shape index (κ3) is 4.59. The fourth-order valence-corrected chi connectivity index (χ4v) is 4.97. The fraction of sp³-hybridized carbons (Fsp3) is 0.192. The molecule has 7 heteroatoms. The Kier molecular flexibility index (Phi) is 5.79. The van der Waals surface area contributed by atoms with Crippen molar-refractivity contribution in [2.75, 3.05) is 18.5 Å². The highest BCUT2D eigenvalue weighted by molar-refractivity contribution is 7.22. The molecule has 1 N–H and O–H groups in total. The van der Waals surface area contributed by atoms with Gasteiger partial charge in [0.05, 0.1) is 10.2 Å². The first-order valence-corrected chi connectivity index (χ1v) is 11.6. The summed E-state index contributed by atoms with van der Waals surface area (Å²) in [6.45, 7) is 3.09. The van der Waals surface area contributed by atoms with E-state index in [2.05, 4.69) is 16.4 Å². The molecule has 0 bridgehead atoms. The van der Waals surface area contributed by atoms with Crippen molar-refractivity contribution in [3.63, 3.8) is 0 Å². The zero-order chi connectivity index (χ0) is 22.8. The molecule has 4 aromatic rings.